The van der Waals surface area contributed by atoms with Crippen LogP contribution in [0.3, 0.4) is 0 Å². The molecular weight excluding hydrogens is 629 g/mol. The molecule has 12 nitrogen and oxygen atoms in total. The second kappa shape index (κ2) is 11.5. The molecule has 0 heterocycles. The first-order valence-electron chi connectivity index (χ1n) is 13.2. The molecule has 43 heavy (non-hydrogen) atoms. The summed E-state index contributed by atoms with van der Waals surface area (Å²) in [7, 11) is 6.54. The van der Waals surface area contributed by atoms with E-state index in [1.807, 2.05) is 0 Å². The first-order valence-corrected chi connectivity index (χ1v) is 14.4. The Morgan fingerprint density at radius 1 is 1.14 bits per heavy atom. The normalized spacial score (nSPS) is 25.4. The number of fused-ring (bicyclic) bond motifs is 3. The number of alkyl halides is 3. The van der Waals surface area contributed by atoms with Crippen LogP contribution in [0.15, 0.2) is 23.0 Å². The Morgan fingerprint density at radius 2 is 1.77 bits per heavy atom. The molecule has 1 fully saturated rings. The molecule has 15 heteroatoms. The number of carbonyl (C=O) groups excluding carboxylic acids is 4. The second-order valence-corrected chi connectivity index (χ2v) is 13.9. The number of aryl methyl sites for hydroxylation is 1. The van der Waals surface area contributed by atoms with Gasteiger partial charge >= 0.3 is 5.97 Å². The van der Waals surface area contributed by atoms with Crippen molar-refractivity contribution in [2.24, 2.45) is 17.6 Å². The number of hydrogen-bond donors (Lipinski definition) is 5. The fraction of sp³-hybridized carbons (Fsp3) is 0.500. The lowest BCUT2D eigenvalue weighted by Gasteiger charge is -2.50. The van der Waals surface area contributed by atoms with Crippen molar-refractivity contribution >= 4 is 69.7 Å². The smallest absolute Gasteiger partial charge is 0.306 e. The largest absolute Gasteiger partial charge is 0.508 e. The van der Waals surface area contributed by atoms with Crippen molar-refractivity contribution in [3.63, 3.8) is 0 Å². The molecule has 6 N–H and O–H groups in total. The van der Waals surface area contributed by atoms with E-state index >= 15 is 0 Å². The van der Waals surface area contributed by atoms with Gasteiger partial charge in [0.2, 0.25) is 9.58 Å². The molecule has 1 amide bonds. The summed E-state index contributed by atoms with van der Waals surface area (Å²) in [5, 5.41) is 45.6. The second-order valence-electron chi connectivity index (χ2n) is 11.4. The van der Waals surface area contributed by atoms with Crippen molar-refractivity contribution in [1.29, 1.82) is 0 Å². The lowest BCUT2D eigenvalue weighted by Crippen LogP contribution is -2.65. The number of aromatic hydroxyl groups is 1. The lowest BCUT2D eigenvalue weighted by molar-refractivity contribution is -0.153. The number of ether oxygens (including phenoxy) is 1. The molecule has 3 aliphatic rings. The predicted octanol–water partition coefficient (Wildman–Crippen LogP) is 1.88. The van der Waals surface area contributed by atoms with Crippen LogP contribution in [0, 0.1) is 11.8 Å². The van der Waals surface area contributed by atoms with E-state index in [2.05, 4.69) is 0 Å². The van der Waals surface area contributed by atoms with Crippen LogP contribution < -0.4 is 10.6 Å². The minimum absolute atomic E-state index is 0.0316. The number of anilines is 1. The van der Waals surface area contributed by atoms with Gasteiger partial charge in [-0.15, -0.1) is 0 Å². The number of hydrogen-bond acceptors (Lipinski definition) is 11. The van der Waals surface area contributed by atoms with Gasteiger partial charge in [-0.1, -0.05) is 34.8 Å². The maximum absolute atomic E-state index is 14.0. The topological polar surface area (TPSA) is 191 Å². The van der Waals surface area contributed by atoms with Gasteiger partial charge in [0.05, 0.1) is 11.6 Å². The zero-order valence-electron chi connectivity index (χ0n) is 23.8. The average molecular weight is 661 g/mol. The predicted molar refractivity (Wildman–Crippen MR) is 158 cm³/mol. The van der Waals surface area contributed by atoms with Gasteiger partial charge in [-0.3, -0.25) is 24.1 Å². The number of primary amides is 1. The van der Waals surface area contributed by atoms with Gasteiger partial charge in [-0.2, -0.15) is 0 Å². The fourth-order valence-corrected chi connectivity index (χ4v) is 6.57. The quantitative estimate of drug-likeness (QED) is 0.163. The molecule has 4 rings (SSSR count). The summed E-state index contributed by atoms with van der Waals surface area (Å²) in [6.45, 7) is -0.477. The summed E-state index contributed by atoms with van der Waals surface area (Å²) in [4.78, 5) is 54.8. The van der Waals surface area contributed by atoms with Gasteiger partial charge in [-0.05, 0) is 56.5 Å². The van der Waals surface area contributed by atoms with E-state index in [4.69, 9.17) is 45.3 Å². The average Bonchev–Trinajstić information content (AvgIpc) is 2.88. The van der Waals surface area contributed by atoms with Crippen LogP contribution in [0.2, 0.25) is 0 Å². The van der Waals surface area contributed by atoms with Crippen LogP contribution in [0.1, 0.15) is 29.5 Å². The molecular formula is C28H32Cl3N3O9. The van der Waals surface area contributed by atoms with E-state index in [-0.39, 0.29) is 42.4 Å². The molecule has 0 unspecified atom stereocenters. The van der Waals surface area contributed by atoms with E-state index < -0.39 is 80.2 Å². The number of likely N-dealkylation sites (N-methyl/N-ethyl adjacent to an activating group) is 1. The number of Topliss-reactive ketones (excluding diaryl/α,β-unsaturated/α-hetero) is 2. The molecule has 4 atom stereocenters. The summed E-state index contributed by atoms with van der Waals surface area (Å²) >= 11 is 16.9. The third kappa shape index (κ3) is 5.55. The van der Waals surface area contributed by atoms with E-state index in [0.717, 1.165) is 0 Å². The summed E-state index contributed by atoms with van der Waals surface area (Å²) < 4.78 is 3.15. The first-order chi connectivity index (χ1) is 19.8. The van der Waals surface area contributed by atoms with Crippen molar-refractivity contribution in [3.8, 4) is 5.75 Å². The Bertz CT molecular complexity index is 1480. The number of phenols is 1. The Kier molecular flexibility index (Phi) is 8.77. The highest BCUT2D eigenvalue weighted by atomic mass is 35.6. The Balaban J connectivity index is 1.84. The highest BCUT2D eigenvalue weighted by molar-refractivity contribution is 6.67. The van der Waals surface area contributed by atoms with Crippen molar-refractivity contribution in [2.45, 2.75) is 41.1 Å². The molecule has 0 aromatic heterocycles. The van der Waals surface area contributed by atoms with Gasteiger partial charge in [0, 0.05) is 37.7 Å². The van der Waals surface area contributed by atoms with E-state index in [1.54, 1.807) is 25.1 Å². The van der Waals surface area contributed by atoms with Crippen molar-refractivity contribution in [1.82, 2.24) is 4.90 Å². The maximum Gasteiger partial charge on any atom is 0.306 e. The van der Waals surface area contributed by atoms with Crippen molar-refractivity contribution < 1.29 is 44.3 Å². The number of carbonyl (C=O) groups is 4. The molecule has 0 aliphatic heterocycles. The Hall–Kier alpha value is -3.03. The minimum Gasteiger partial charge on any atom is -0.508 e. The number of amides is 1. The summed E-state index contributed by atoms with van der Waals surface area (Å²) in [6, 6.07) is 0.471. The third-order valence-electron chi connectivity index (χ3n) is 8.25. The molecule has 1 saturated carbocycles. The van der Waals surface area contributed by atoms with E-state index in [0.29, 0.717) is 11.3 Å². The number of phenolic OH excluding ortho intramolecular Hbond substituents is 1. The minimum atomic E-state index is -2.74. The van der Waals surface area contributed by atoms with Gasteiger partial charge in [0.1, 0.15) is 29.4 Å². The highest BCUT2D eigenvalue weighted by Gasteiger charge is 2.64. The molecule has 0 bridgehead atoms. The number of aliphatic hydroxyl groups excluding tert-OH is 2. The van der Waals surface area contributed by atoms with E-state index in [9.17, 15) is 39.6 Å². The fourth-order valence-electron chi connectivity index (χ4n) is 6.41. The van der Waals surface area contributed by atoms with Crippen LogP contribution in [0.5, 0.6) is 5.75 Å². The van der Waals surface area contributed by atoms with Crippen LogP contribution in [0.25, 0.3) is 5.76 Å². The maximum atomic E-state index is 14.0. The van der Waals surface area contributed by atoms with Crippen LogP contribution in [-0.4, -0.2) is 99.0 Å². The number of rotatable bonds is 7. The number of benzene rings is 1. The summed E-state index contributed by atoms with van der Waals surface area (Å²) in [5.41, 5.74) is 2.71. The SMILES string of the molecule is CN(C)c1cc(CCC(=O)OCC(Cl)(Cl)Cl)c(O)c2c1C[C@@H]1C[C@@H]3[C@@H](N(C)C)C(=O)C(C(N)=O)=C(O)[C@]3(O)C(=O)C1=C2O. The number of halogens is 3. The van der Waals surface area contributed by atoms with Crippen molar-refractivity contribution in [2.75, 3.05) is 39.7 Å². The standard InChI is InChI=1S/C28H32Cl3N3O9/c1-33(2)15-9-11(5-6-16(35)43-10-27(29,30)31)21(36)18-13(15)7-12-8-14-20(34(3)4)23(38)19(26(32)41)25(40)28(14,42)24(39)17(12)22(18)37/h9,12,14,20,36-37,40,42H,5-8,10H2,1-4H3,(H2,32,41)/t12-,14-,20-,28-/m1/s1. The number of ketones is 2. The molecule has 1 aromatic rings. The van der Waals surface area contributed by atoms with Crippen LogP contribution in [-0.2, 0) is 36.8 Å². The highest BCUT2D eigenvalue weighted by Crippen LogP contribution is 2.54. The van der Waals surface area contributed by atoms with Gasteiger partial charge in [0.25, 0.3) is 5.91 Å². The zero-order valence-corrected chi connectivity index (χ0v) is 26.0. The van der Waals surface area contributed by atoms with Gasteiger partial charge in [-0.25, -0.2) is 0 Å². The lowest BCUT2D eigenvalue weighted by atomic mass is 9.57. The monoisotopic (exact) mass is 659 g/mol. The molecule has 0 radical (unpaired) electrons. The third-order valence-corrected chi connectivity index (χ3v) is 8.58. The zero-order chi connectivity index (χ0) is 32.3. The number of esters is 1. The van der Waals surface area contributed by atoms with E-state index in [1.165, 1.54) is 19.0 Å². The Labute approximate surface area is 262 Å². The van der Waals surface area contributed by atoms with Crippen LogP contribution >= 0.6 is 34.8 Å². The summed E-state index contributed by atoms with van der Waals surface area (Å²) in [5.74, 6) is -8.04. The van der Waals surface area contributed by atoms with Gasteiger partial charge < -0.3 is 35.8 Å². The first kappa shape index (κ1) is 32.9. The van der Waals surface area contributed by atoms with Gasteiger partial charge in [0.15, 0.2) is 11.4 Å². The number of nitrogens with two attached hydrogens (primary N) is 1. The van der Waals surface area contributed by atoms with Crippen LogP contribution in [0.4, 0.5) is 5.69 Å². The molecule has 0 spiro atoms. The summed E-state index contributed by atoms with van der Waals surface area (Å²) in [6.07, 6.45) is -0.158. The molecule has 234 valence electrons. The number of aliphatic hydroxyl groups is 3. The van der Waals surface area contributed by atoms with Crippen molar-refractivity contribution in [3.05, 3.63) is 39.7 Å². The molecule has 0 saturated heterocycles. The molecule has 3 aliphatic carbocycles. The Morgan fingerprint density at radius 3 is 2.30 bits per heavy atom. The number of nitrogens with zero attached hydrogens (tertiary/aromatic N) is 2. The molecule has 1 aromatic carbocycles.